The van der Waals surface area contributed by atoms with Crippen molar-refractivity contribution < 1.29 is 13.2 Å². The van der Waals surface area contributed by atoms with E-state index in [9.17, 15) is 8.42 Å². The van der Waals surface area contributed by atoms with Crippen molar-refractivity contribution >= 4 is 10.0 Å². The van der Waals surface area contributed by atoms with Gasteiger partial charge in [0.05, 0.1) is 12.8 Å². The maximum atomic E-state index is 12.5. The van der Waals surface area contributed by atoms with E-state index in [1.165, 1.54) is 6.20 Å². The third-order valence-electron chi connectivity index (χ3n) is 4.16. The predicted molar refractivity (Wildman–Crippen MR) is 69.1 cm³/mol. The van der Waals surface area contributed by atoms with Crippen LogP contribution < -0.4 is 0 Å². The maximum absolute atomic E-state index is 12.5. The van der Waals surface area contributed by atoms with E-state index in [4.69, 9.17) is 4.74 Å². The summed E-state index contributed by atoms with van der Waals surface area (Å²) in [6.45, 7) is 5.21. The van der Waals surface area contributed by atoms with E-state index in [-0.39, 0.29) is 5.41 Å². The fraction of sp³-hybridized carbons (Fsp3) is 0.750. The minimum atomic E-state index is -3.40. The summed E-state index contributed by atoms with van der Waals surface area (Å²) in [6, 6.07) is 0. The highest BCUT2D eigenvalue weighted by Crippen LogP contribution is 2.40. The molecule has 0 aliphatic carbocycles. The van der Waals surface area contributed by atoms with Crippen molar-refractivity contribution in [2.45, 2.75) is 31.2 Å². The molecule has 106 valence electrons. The Morgan fingerprint density at radius 1 is 1.47 bits per heavy atom. The number of sulfonamides is 1. The minimum absolute atomic E-state index is 0.0494. The van der Waals surface area contributed by atoms with Crippen molar-refractivity contribution in [1.29, 1.82) is 0 Å². The lowest BCUT2D eigenvalue weighted by Gasteiger charge is -2.21. The molecule has 0 unspecified atom stereocenters. The first-order chi connectivity index (χ1) is 9.06. The summed E-state index contributed by atoms with van der Waals surface area (Å²) in [5.74, 6) is 0. The highest BCUT2D eigenvalue weighted by Gasteiger charge is 2.45. The molecule has 0 saturated carbocycles. The second kappa shape index (κ2) is 4.57. The molecule has 3 heterocycles. The van der Waals surface area contributed by atoms with Gasteiger partial charge in [-0.25, -0.2) is 8.42 Å². The Morgan fingerprint density at radius 3 is 2.95 bits per heavy atom. The lowest BCUT2D eigenvalue weighted by atomic mass is 9.87. The highest BCUT2D eigenvalue weighted by molar-refractivity contribution is 7.89. The molecule has 2 aliphatic rings. The van der Waals surface area contributed by atoms with Crippen molar-refractivity contribution in [3.05, 3.63) is 12.4 Å². The van der Waals surface area contributed by atoms with E-state index in [1.807, 2.05) is 6.92 Å². The Balaban J connectivity index is 1.81. The molecule has 1 aromatic rings. The van der Waals surface area contributed by atoms with E-state index >= 15 is 0 Å². The third kappa shape index (κ3) is 2.19. The zero-order chi connectivity index (χ0) is 13.5. The Morgan fingerprint density at radius 2 is 2.32 bits per heavy atom. The Hall–Kier alpha value is -0.920. The summed E-state index contributed by atoms with van der Waals surface area (Å²) in [4.78, 5) is 0.297. The van der Waals surface area contributed by atoms with E-state index in [2.05, 4.69) is 5.10 Å². The fourth-order valence-corrected chi connectivity index (χ4v) is 4.38. The number of aryl methyl sites for hydroxylation is 1. The van der Waals surface area contributed by atoms with E-state index < -0.39 is 10.0 Å². The van der Waals surface area contributed by atoms with Gasteiger partial charge in [-0.3, -0.25) is 4.68 Å². The Labute approximate surface area is 113 Å². The molecule has 1 spiro atoms. The number of hydrogen-bond donors (Lipinski definition) is 0. The number of nitrogens with zero attached hydrogens (tertiary/aromatic N) is 3. The quantitative estimate of drug-likeness (QED) is 0.820. The molecule has 0 amide bonds. The Kier molecular flexibility index (Phi) is 3.15. The van der Waals surface area contributed by atoms with Gasteiger partial charge in [0.2, 0.25) is 10.0 Å². The van der Waals surface area contributed by atoms with Crippen molar-refractivity contribution in [2.24, 2.45) is 5.41 Å². The second-order valence-electron chi connectivity index (χ2n) is 5.42. The number of hydrogen-bond acceptors (Lipinski definition) is 4. The first kappa shape index (κ1) is 13.1. The summed E-state index contributed by atoms with van der Waals surface area (Å²) in [7, 11) is -3.40. The molecule has 7 heteroatoms. The predicted octanol–water partition coefficient (Wildman–Crippen LogP) is 0.704. The van der Waals surface area contributed by atoms with Crippen LogP contribution in [0.5, 0.6) is 0 Å². The maximum Gasteiger partial charge on any atom is 0.246 e. The van der Waals surface area contributed by atoms with Crippen LogP contribution in [0.2, 0.25) is 0 Å². The molecule has 2 saturated heterocycles. The van der Waals surface area contributed by atoms with Gasteiger partial charge in [-0.2, -0.15) is 9.40 Å². The van der Waals surface area contributed by atoms with Crippen LogP contribution in [-0.4, -0.2) is 48.8 Å². The zero-order valence-electron chi connectivity index (χ0n) is 11.1. The molecule has 2 aliphatic heterocycles. The van der Waals surface area contributed by atoms with Gasteiger partial charge in [0.1, 0.15) is 4.90 Å². The Bertz CT molecular complexity index is 561. The third-order valence-corrected chi connectivity index (χ3v) is 5.96. The molecule has 1 atom stereocenters. The standard InChI is InChI=1S/C12H19N3O3S/c1-2-14-8-11(7-13-14)19(16,17)15-5-3-12(9-15)4-6-18-10-12/h7-8H,2-6,9-10H2,1H3/t12-/m1/s1. The molecular weight excluding hydrogens is 266 g/mol. The van der Waals surface area contributed by atoms with Gasteiger partial charge in [0, 0.05) is 37.9 Å². The van der Waals surface area contributed by atoms with Crippen molar-refractivity contribution in [1.82, 2.24) is 14.1 Å². The molecule has 3 rings (SSSR count). The first-order valence-corrected chi connectivity index (χ1v) is 8.10. The normalized spacial score (nSPS) is 28.5. The highest BCUT2D eigenvalue weighted by atomic mass is 32.2. The fourth-order valence-electron chi connectivity index (χ4n) is 2.87. The van der Waals surface area contributed by atoms with Crippen molar-refractivity contribution in [3.63, 3.8) is 0 Å². The monoisotopic (exact) mass is 285 g/mol. The summed E-state index contributed by atoms with van der Waals surface area (Å²) >= 11 is 0. The molecular formula is C12H19N3O3S. The lowest BCUT2D eigenvalue weighted by molar-refractivity contribution is 0.157. The minimum Gasteiger partial charge on any atom is -0.381 e. The van der Waals surface area contributed by atoms with Gasteiger partial charge >= 0.3 is 0 Å². The van der Waals surface area contributed by atoms with Crippen LogP contribution in [0.3, 0.4) is 0 Å². The van der Waals surface area contributed by atoms with Crippen LogP contribution in [0.25, 0.3) is 0 Å². The van der Waals surface area contributed by atoms with Gasteiger partial charge in [0.25, 0.3) is 0 Å². The van der Waals surface area contributed by atoms with Crippen LogP contribution in [0.15, 0.2) is 17.3 Å². The summed E-state index contributed by atoms with van der Waals surface area (Å²) < 4.78 is 33.7. The van der Waals surface area contributed by atoms with Crippen LogP contribution >= 0.6 is 0 Å². The number of aromatic nitrogens is 2. The molecule has 0 radical (unpaired) electrons. The number of rotatable bonds is 3. The van der Waals surface area contributed by atoms with Gasteiger partial charge in [0.15, 0.2) is 0 Å². The van der Waals surface area contributed by atoms with Crippen LogP contribution in [-0.2, 0) is 21.3 Å². The summed E-state index contributed by atoms with van der Waals surface area (Å²) in [5, 5.41) is 4.05. The van der Waals surface area contributed by atoms with E-state index in [0.29, 0.717) is 31.1 Å². The average molecular weight is 285 g/mol. The van der Waals surface area contributed by atoms with Crippen molar-refractivity contribution in [3.8, 4) is 0 Å². The number of ether oxygens (including phenoxy) is 1. The van der Waals surface area contributed by atoms with Gasteiger partial charge in [-0.15, -0.1) is 0 Å². The van der Waals surface area contributed by atoms with Gasteiger partial charge in [-0.1, -0.05) is 0 Å². The molecule has 2 fully saturated rings. The SMILES string of the molecule is CCn1cc(S(=O)(=O)N2CC[C@@]3(CCOC3)C2)cn1. The lowest BCUT2D eigenvalue weighted by Crippen LogP contribution is -2.32. The van der Waals surface area contributed by atoms with Crippen LogP contribution in [0.1, 0.15) is 19.8 Å². The summed E-state index contributed by atoms with van der Waals surface area (Å²) in [5.41, 5.74) is 0.0494. The molecule has 0 aromatic carbocycles. The zero-order valence-corrected chi connectivity index (χ0v) is 11.9. The van der Waals surface area contributed by atoms with Gasteiger partial charge in [-0.05, 0) is 19.8 Å². The van der Waals surface area contributed by atoms with Crippen molar-refractivity contribution in [2.75, 3.05) is 26.3 Å². The second-order valence-corrected chi connectivity index (χ2v) is 7.36. The molecule has 19 heavy (non-hydrogen) atoms. The van der Waals surface area contributed by atoms with Gasteiger partial charge < -0.3 is 4.74 Å². The molecule has 0 N–H and O–H groups in total. The van der Waals surface area contributed by atoms with E-state index in [1.54, 1.807) is 15.2 Å². The first-order valence-electron chi connectivity index (χ1n) is 6.66. The van der Waals surface area contributed by atoms with Crippen LogP contribution in [0.4, 0.5) is 0 Å². The van der Waals surface area contributed by atoms with E-state index in [0.717, 1.165) is 19.4 Å². The average Bonchev–Trinajstić information content (AvgIpc) is 3.12. The smallest absolute Gasteiger partial charge is 0.246 e. The van der Waals surface area contributed by atoms with Crippen LogP contribution in [0, 0.1) is 5.41 Å². The topological polar surface area (TPSA) is 64.4 Å². The largest absolute Gasteiger partial charge is 0.381 e. The summed E-state index contributed by atoms with van der Waals surface area (Å²) in [6.07, 6.45) is 4.90. The molecule has 0 bridgehead atoms. The molecule has 1 aromatic heterocycles. The molecule has 6 nitrogen and oxygen atoms in total.